The first-order chi connectivity index (χ1) is 8.03. The molecule has 17 heavy (non-hydrogen) atoms. The van der Waals surface area contributed by atoms with Gasteiger partial charge in [0.25, 0.3) is 0 Å². The molecule has 3 nitrogen and oxygen atoms in total. The van der Waals surface area contributed by atoms with E-state index in [9.17, 15) is 5.11 Å². The third-order valence-electron chi connectivity index (χ3n) is 4.18. The highest BCUT2D eigenvalue weighted by molar-refractivity contribution is 4.92. The van der Waals surface area contributed by atoms with Crippen LogP contribution < -0.4 is 5.32 Å². The monoisotopic (exact) mass is 242 g/mol. The van der Waals surface area contributed by atoms with E-state index >= 15 is 0 Å². The van der Waals surface area contributed by atoms with E-state index in [-0.39, 0.29) is 12.1 Å². The number of hydrogen-bond donors (Lipinski definition) is 2. The van der Waals surface area contributed by atoms with Crippen molar-refractivity contribution < 1.29 is 5.11 Å². The first-order valence-electron chi connectivity index (χ1n) is 7.15. The van der Waals surface area contributed by atoms with Crippen LogP contribution in [0, 0.1) is 0 Å². The lowest BCUT2D eigenvalue weighted by molar-refractivity contribution is 0.128. The second kappa shape index (κ2) is 6.72. The van der Waals surface area contributed by atoms with Gasteiger partial charge in [-0.15, -0.1) is 0 Å². The van der Waals surface area contributed by atoms with Crippen LogP contribution in [-0.4, -0.2) is 47.3 Å². The Kier molecular flexibility index (Phi) is 5.90. The molecule has 0 spiro atoms. The summed E-state index contributed by atoms with van der Waals surface area (Å²) in [7, 11) is 0. The Bertz CT molecular complexity index is 220. The van der Waals surface area contributed by atoms with Crippen molar-refractivity contribution in [2.45, 2.75) is 71.0 Å². The molecule has 0 aliphatic carbocycles. The van der Waals surface area contributed by atoms with Gasteiger partial charge in [0.2, 0.25) is 0 Å². The van der Waals surface area contributed by atoms with Crippen molar-refractivity contribution in [1.82, 2.24) is 10.2 Å². The molecule has 0 amide bonds. The summed E-state index contributed by atoms with van der Waals surface area (Å²) in [4.78, 5) is 2.52. The minimum Gasteiger partial charge on any atom is -0.394 e. The maximum absolute atomic E-state index is 9.75. The summed E-state index contributed by atoms with van der Waals surface area (Å²) in [5.74, 6) is 0. The third kappa shape index (κ3) is 4.23. The number of likely N-dealkylation sites (tertiary alicyclic amines) is 1. The molecule has 0 aromatic heterocycles. The Hall–Kier alpha value is -0.120. The second-order valence-corrected chi connectivity index (χ2v) is 5.88. The SMILES string of the molecule is CCC(C)NC1(CO)CCCN(C(C)C)CC1. The van der Waals surface area contributed by atoms with E-state index < -0.39 is 0 Å². The van der Waals surface area contributed by atoms with Crippen molar-refractivity contribution in [3.63, 3.8) is 0 Å². The van der Waals surface area contributed by atoms with Gasteiger partial charge in [-0.3, -0.25) is 0 Å². The number of hydrogen-bond acceptors (Lipinski definition) is 3. The van der Waals surface area contributed by atoms with Crippen molar-refractivity contribution >= 4 is 0 Å². The smallest absolute Gasteiger partial charge is 0.0613 e. The largest absolute Gasteiger partial charge is 0.394 e. The first-order valence-corrected chi connectivity index (χ1v) is 7.15. The highest BCUT2D eigenvalue weighted by atomic mass is 16.3. The number of aliphatic hydroxyl groups excluding tert-OH is 1. The summed E-state index contributed by atoms with van der Waals surface area (Å²) in [5, 5.41) is 13.4. The van der Waals surface area contributed by atoms with Gasteiger partial charge in [-0.25, -0.2) is 0 Å². The first kappa shape index (κ1) is 14.9. The molecule has 0 saturated carbocycles. The quantitative estimate of drug-likeness (QED) is 0.774. The summed E-state index contributed by atoms with van der Waals surface area (Å²) >= 11 is 0. The molecule has 1 fully saturated rings. The predicted molar refractivity (Wildman–Crippen MR) is 73.3 cm³/mol. The van der Waals surface area contributed by atoms with Gasteiger partial charge in [-0.1, -0.05) is 6.92 Å². The molecule has 1 rings (SSSR count). The standard InChI is InChI=1S/C14H30N2O/c1-5-13(4)15-14(11-17)7-6-9-16(10-8-14)12(2)3/h12-13,15,17H,5-11H2,1-4H3. The lowest BCUT2D eigenvalue weighted by Crippen LogP contribution is -2.52. The van der Waals surface area contributed by atoms with E-state index in [0.717, 1.165) is 25.8 Å². The van der Waals surface area contributed by atoms with Crippen LogP contribution in [0.2, 0.25) is 0 Å². The van der Waals surface area contributed by atoms with E-state index in [1.807, 2.05) is 0 Å². The Morgan fingerprint density at radius 2 is 1.94 bits per heavy atom. The van der Waals surface area contributed by atoms with Crippen LogP contribution in [0.15, 0.2) is 0 Å². The number of aliphatic hydroxyl groups is 1. The highest BCUT2D eigenvalue weighted by Crippen LogP contribution is 2.24. The normalized spacial score (nSPS) is 29.3. The third-order valence-corrected chi connectivity index (χ3v) is 4.18. The van der Waals surface area contributed by atoms with Crippen LogP contribution in [0.5, 0.6) is 0 Å². The van der Waals surface area contributed by atoms with Gasteiger partial charge in [0, 0.05) is 24.2 Å². The Morgan fingerprint density at radius 3 is 2.47 bits per heavy atom. The van der Waals surface area contributed by atoms with Crippen LogP contribution in [0.3, 0.4) is 0 Å². The number of nitrogens with zero attached hydrogens (tertiary/aromatic N) is 1. The summed E-state index contributed by atoms with van der Waals surface area (Å²) in [5.41, 5.74) is -0.0426. The summed E-state index contributed by atoms with van der Waals surface area (Å²) in [6, 6.07) is 1.11. The average molecular weight is 242 g/mol. The molecule has 2 N–H and O–H groups in total. The molecule has 0 radical (unpaired) electrons. The van der Waals surface area contributed by atoms with Gasteiger partial charge in [-0.05, 0) is 53.0 Å². The maximum atomic E-state index is 9.75. The van der Waals surface area contributed by atoms with Crippen LogP contribution >= 0.6 is 0 Å². The topological polar surface area (TPSA) is 35.5 Å². The molecule has 0 bridgehead atoms. The summed E-state index contributed by atoms with van der Waals surface area (Å²) in [6.45, 7) is 11.5. The van der Waals surface area contributed by atoms with E-state index in [2.05, 4.69) is 37.9 Å². The van der Waals surface area contributed by atoms with E-state index in [0.29, 0.717) is 12.1 Å². The van der Waals surface area contributed by atoms with Crippen molar-refractivity contribution in [3.05, 3.63) is 0 Å². The van der Waals surface area contributed by atoms with Gasteiger partial charge >= 0.3 is 0 Å². The molecule has 3 heteroatoms. The van der Waals surface area contributed by atoms with E-state index in [1.165, 1.54) is 13.0 Å². The number of nitrogens with one attached hydrogen (secondary N) is 1. The highest BCUT2D eigenvalue weighted by Gasteiger charge is 2.33. The zero-order valence-corrected chi connectivity index (χ0v) is 12.0. The fourth-order valence-electron chi connectivity index (χ4n) is 2.70. The molecule has 1 saturated heterocycles. The minimum absolute atomic E-state index is 0.0426. The van der Waals surface area contributed by atoms with Crippen LogP contribution in [0.25, 0.3) is 0 Å². The minimum atomic E-state index is -0.0426. The average Bonchev–Trinajstić information content (AvgIpc) is 2.52. The van der Waals surface area contributed by atoms with E-state index in [1.54, 1.807) is 0 Å². The molecular formula is C14H30N2O. The molecular weight excluding hydrogens is 212 g/mol. The van der Waals surface area contributed by atoms with Gasteiger partial charge in [0.05, 0.1) is 6.61 Å². The van der Waals surface area contributed by atoms with Crippen molar-refractivity contribution in [3.8, 4) is 0 Å². The van der Waals surface area contributed by atoms with Crippen LogP contribution in [0.1, 0.15) is 53.4 Å². The molecule has 2 unspecified atom stereocenters. The van der Waals surface area contributed by atoms with Crippen molar-refractivity contribution in [1.29, 1.82) is 0 Å². The summed E-state index contributed by atoms with van der Waals surface area (Å²) in [6.07, 6.45) is 4.46. The molecule has 1 aliphatic heterocycles. The van der Waals surface area contributed by atoms with Crippen LogP contribution in [-0.2, 0) is 0 Å². The fourth-order valence-corrected chi connectivity index (χ4v) is 2.70. The zero-order chi connectivity index (χ0) is 12.9. The van der Waals surface area contributed by atoms with Gasteiger partial charge in [0.15, 0.2) is 0 Å². The van der Waals surface area contributed by atoms with Crippen molar-refractivity contribution in [2.75, 3.05) is 19.7 Å². The molecule has 0 aromatic rings. The Labute approximate surface area is 107 Å². The van der Waals surface area contributed by atoms with Gasteiger partial charge in [-0.2, -0.15) is 0 Å². The molecule has 1 aliphatic rings. The second-order valence-electron chi connectivity index (χ2n) is 5.88. The lowest BCUT2D eigenvalue weighted by atomic mass is 9.90. The Morgan fingerprint density at radius 1 is 1.24 bits per heavy atom. The fraction of sp³-hybridized carbons (Fsp3) is 1.00. The summed E-state index contributed by atoms with van der Waals surface area (Å²) < 4.78 is 0. The zero-order valence-electron chi connectivity index (χ0n) is 12.0. The Balaban J connectivity index is 2.61. The lowest BCUT2D eigenvalue weighted by Gasteiger charge is -2.35. The maximum Gasteiger partial charge on any atom is 0.0613 e. The van der Waals surface area contributed by atoms with E-state index in [4.69, 9.17) is 0 Å². The van der Waals surface area contributed by atoms with Gasteiger partial charge in [0.1, 0.15) is 0 Å². The molecule has 1 heterocycles. The number of rotatable bonds is 5. The molecule has 2 atom stereocenters. The van der Waals surface area contributed by atoms with Gasteiger partial charge < -0.3 is 15.3 Å². The molecule has 0 aromatic carbocycles. The van der Waals surface area contributed by atoms with Crippen LogP contribution in [0.4, 0.5) is 0 Å². The molecule has 102 valence electrons. The van der Waals surface area contributed by atoms with Crippen molar-refractivity contribution in [2.24, 2.45) is 0 Å². The predicted octanol–water partition coefficient (Wildman–Crippen LogP) is 2.00.